The van der Waals surface area contributed by atoms with Crippen molar-refractivity contribution in [3.05, 3.63) is 65.1 Å². The topological polar surface area (TPSA) is 42.2 Å². The lowest BCUT2D eigenvalue weighted by molar-refractivity contribution is -0.158. The first kappa shape index (κ1) is 18.7. The first-order valence-corrected chi connectivity index (χ1v) is 9.55. The highest BCUT2D eigenvalue weighted by atomic mass is 19.1. The van der Waals surface area contributed by atoms with Crippen LogP contribution in [0, 0.1) is 12.7 Å². The van der Waals surface area contributed by atoms with Crippen molar-refractivity contribution in [3.8, 4) is 5.69 Å². The number of para-hydroxylation sites is 1. The molecule has 0 radical (unpaired) electrons. The summed E-state index contributed by atoms with van der Waals surface area (Å²) in [6.07, 6.45) is -0.0307. The Morgan fingerprint density at radius 2 is 1.89 bits per heavy atom. The van der Waals surface area contributed by atoms with Gasteiger partial charge in [0.1, 0.15) is 5.82 Å². The second-order valence-corrected chi connectivity index (χ2v) is 8.12. The van der Waals surface area contributed by atoms with Gasteiger partial charge in [-0.2, -0.15) is 0 Å². The molecule has 0 unspecified atom stereocenters. The van der Waals surface area contributed by atoms with Crippen LogP contribution in [-0.4, -0.2) is 21.3 Å². The molecule has 3 aromatic rings. The maximum absolute atomic E-state index is 14.5. The molecule has 1 fully saturated rings. The molecule has 1 heterocycles. The lowest BCUT2D eigenvalue weighted by Gasteiger charge is -2.39. The van der Waals surface area contributed by atoms with E-state index < -0.39 is 11.6 Å². The van der Waals surface area contributed by atoms with Crippen LogP contribution < -0.4 is 0 Å². The van der Waals surface area contributed by atoms with Gasteiger partial charge in [0.25, 0.3) is 0 Å². The van der Waals surface area contributed by atoms with E-state index >= 15 is 0 Å². The van der Waals surface area contributed by atoms with E-state index in [9.17, 15) is 18.7 Å². The molecule has 3 nitrogen and oxygen atoms in total. The Balaban J connectivity index is 1.95. The number of nitrogens with zero attached hydrogens (tertiary/aromatic N) is 1. The molecule has 1 aromatic heterocycles. The zero-order valence-corrected chi connectivity index (χ0v) is 16.2. The molecule has 4 rings (SSSR count). The van der Waals surface area contributed by atoms with Crippen molar-refractivity contribution in [2.75, 3.05) is 0 Å². The summed E-state index contributed by atoms with van der Waals surface area (Å²) in [5.74, 6) is -1.65. The standard InChI is InChI=1S/C23H23F2NO2/c1-13(2)21-20(15-11-23(25,12-15)22(27)28)17-6-4-5-7-19(17)26(21)16-8-9-18(24)14(3)10-16/h4-10,13,15H,11-12H2,1-3H3,(H,27,28). The number of carboxylic acid groups (broad SMARTS) is 1. The minimum absolute atomic E-state index is 0.0154. The molecule has 28 heavy (non-hydrogen) atoms. The summed E-state index contributed by atoms with van der Waals surface area (Å²) in [6, 6.07) is 12.9. The summed E-state index contributed by atoms with van der Waals surface area (Å²) in [4.78, 5) is 11.2. The minimum atomic E-state index is -2.14. The summed E-state index contributed by atoms with van der Waals surface area (Å²) < 4.78 is 30.4. The third-order valence-electron chi connectivity index (χ3n) is 5.83. The third-order valence-corrected chi connectivity index (χ3v) is 5.83. The molecule has 146 valence electrons. The van der Waals surface area contributed by atoms with Crippen LogP contribution in [0.4, 0.5) is 8.78 Å². The molecule has 1 N–H and O–H groups in total. The van der Waals surface area contributed by atoms with Gasteiger partial charge in [0.2, 0.25) is 5.67 Å². The second-order valence-electron chi connectivity index (χ2n) is 8.12. The van der Waals surface area contributed by atoms with Gasteiger partial charge in [-0.15, -0.1) is 0 Å². The summed E-state index contributed by atoms with van der Waals surface area (Å²) in [7, 11) is 0. The largest absolute Gasteiger partial charge is 0.479 e. The van der Waals surface area contributed by atoms with Crippen molar-refractivity contribution in [2.24, 2.45) is 0 Å². The molecule has 0 atom stereocenters. The van der Waals surface area contributed by atoms with Crippen LogP contribution in [-0.2, 0) is 4.79 Å². The Bertz CT molecular complexity index is 1080. The first-order valence-electron chi connectivity index (χ1n) is 9.55. The lowest BCUT2D eigenvalue weighted by atomic mass is 9.68. The van der Waals surface area contributed by atoms with Crippen molar-refractivity contribution in [3.63, 3.8) is 0 Å². The number of fused-ring (bicyclic) bond motifs is 1. The van der Waals surface area contributed by atoms with Gasteiger partial charge in [-0.1, -0.05) is 32.0 Å². The second kappa shape index (κ2) is 6.43. The third kappa shape index (κ3) is 2.72. The average molecular weight is 383 g/mol. The van der Waals surface area contributed by atoms with E-state index in [0.717, 1.165) is 27.8 Å². The predicted octanol–water partition coefficient (Wildman–Crippen LogP) is 5.87. The number of carboxylic acids is 1. The van der Waals surface area contributed by atoms with Gasteiger partial charge < -0.3 is 9.67 Å². The van der Waals surface area contributed by atoms with Crippen molar-refractivity contribution in [2.45, 2.75) is 51.1 Å². The van der Waals surface area contributed by atoms with E-state index in [4.69, 9.17) is 0 Å². The maximum atomic E-state index is 14.5. The van der Waals surface area contributed by atoms with E-state index in [2.05, 4.69) is 18.4 Å². The maximum Gasteiger partial charge on any atom is 0.341 e. The quantitative estimate of drug-likeness (QED) is 0.612. The van der Waals surface area contributed by atoms with Crippen molar-refractivity contribution in [1.82, 2.24) is 4.57 Å². The fourth-order valence-electron chi connectivity index (χ4n) is 4.43. The smallest absolute Gasteiger partial charge is 0.341 e. The summed E-state index contributed by atoms with van der Waals surface area (Å²) in [6.45, 7) is 5.88. The van der Waals surface area contributed by atoms with Crippen LogP contribution in [0.1, 0.15) is 55.3 Å². The Morgan fingerprint density at radius 3 is 2.50 bits per heavy atom. The number of alkyl halides is 1. The highest BCUT2D eigenvalue weighted by Crippen LogP contribution is 2.52. The molecule has 1 aliphatic carbocycles. The van der Waals surface area contributed by atoms with Crippen LogP contribution in [0.15, 0.2) is 42.5 Å². The molecule has 1 aliphatic rings. The van der Waals surface area contributed by atoms with Crippen LogP contribution in [0.25, 0.3) is 16.6 Å². The van der Waals surface area contributed by atoms with E-state index in [1.165, 1.54) is 6.07 Å². The number of aliphatic carboxylic acids is 1. The van der Waals surface area contributed by atoms with Gasteiger partial charge in [-0.25, -0.2) is 13.6 Å². The van der Waals surface area contributed by atoms with Crippen molar-refractivity contribution in [1.29, 1.82) is 0 Å². The normalized spacial score (nSPS) is 21.9. The molecule has 0 bridgehead atoms. The number of aryl methyl sites for hydroxylation is 1. The van der Waals surface area contributed by atoms with Crippen LogP contribution >= 0.6 is 0 Å². The van der Waals surface area contributed by atoms with Gasteiger partial charge >= 0.3 is 5.97 Å². The summed E-state index contributed by atoms with van der Waals surface area (Å²) >= 11 is 0. The zero-order valence-electron chi connectivity index (χ0n) is 16.2. The van der Waals surface area contributed by atoms with E-state index in [-0.39, 0.29) is 30.5 Å². The molecule has 0 saturated heterocycles. The lowest BCUT2D eigenvalue weighted by Crippen LogP contribution is -2.45. The summed E-state index contributed by atoms with van der Waals surface area (Å²) in [5.41, 5.74) is 2.29. The van der Waals surface area contributed by atoms with Gasteiger partial charge in [0.05, 0.1) is 5.52 Å². The molecular formula is C23H23F2NO2. The first-order chi connectivity index (χ1) is 13.2. The van der Waals surface area contributed by atoms with E-state index in [1.807, 2.05) is 30.3 Å². The number of carbonyl (C=O) groups is 1. The van der Waals surface area contributed by atoms with Crippen LogP contribution in [0.3, 0.4) is 0 Å². The van der Waals surface area contributed by atoms with Crippen LogP contribution in [0.2, 0.25) is 0 Å². The molecule has 0 spiro atoms. The molecule has 0 aliphatic heterocycles. The van der Waals surface area contributed by atoms with Gasteiger partial charge in [0.15, 0.2) is 0 Å². The molecular weight excluding hydrogens is 360 g/mol. The minimum Gasteiger partial charge on any atom is -0.479 e. The Labute approximate surface area is 162 Å². The van der Waals surface area contributed by atoms with Gasteiger partial charge in [-0.3, -0.25) is 0 Å². The SMILES string of the molecule is Cc1cc(-n2c(C(C)C)c(C3CC(F)(C(=O)O)C3)c3ccccc32)ccc1F. The number of hydrogen-bond donors (Lipinski definition) is 1. The molecule has 0 amide bonds. The van der Waals surface area contributed by atoms with Gasteiger partial charge in [-0.05, 0) is 67.0 Å². The number of benzene rings is 2. The number of hydrogen-bond acceptors (Lipinski definition) is 1. The summed E-state index contributed by atoms with van der Waals surface area (Å²) in [5, 5.41) is 10.2. The van der Waals surface area contributed by atoms with Crippen molar-refractivity contribution < 1.29 is 18.7 Å². The average Bonchev–Trinajstić information content (AvgIpc) is 2.96. The van der Waals surface area contributed by atoms with Crippen LogP contribution in [0.5, 0.6) is 0 Å². The number of halogens is 2. The number of aromatic nitrogens is 1. The zero-order chi connectivity index (χ0) is 20.2. The Kier molecular flexibility index (Phi) is 4.29. The van der Waals surface area contributed by atoms with E-state index in [0.29, 0.717) is 5.56 Å². The van der Waals surface area contributed by atoms with Crippen molar-refractivity contribution >= 4 is 16.9 Å². The Morgan fingerprint density at radius 1 is 1.21 bits per heavy atom. The van der Waals surface area contributed by atoms with Gasteiger partial charge in [0, 0.05) is 16.8 Å². The molecule has 5 heteroatoms. The number of rotatable bonds is 4. The fraction of sp³-hybridized carbons (Fsp3) is 0.348. The molecule has 1 saturated carbocycles. The fourth-order valence-corrected chi connectivity index (χ4v) is 4.43. The monoisotopic (exact) mass is 383 g/mol. The Hall–Kier alpha value is -2.69. The highest BCUT2D eigenvalue weighted by molar-refractivity contribution is 5.89. The predicted molar refractivity (Wildman–Crippen MR) is 106 cm³/mol. The van der Waals surface area contributed by atoms with E-state index in [1.54, 1.807) is 13.0 Å². The highest BCUT2D eigenvalue weighted by Gasteiger charge is 2.53. The molecule has 2 aromatic carbocycles.